The lowest BCUT2D eigenvalue weighted by Gasteiger charge is -2.20. The second kappa shape index (κ2) is 5.39. The molecule has 2 atom stereocenters. The van der Waals surface area contributed by atoms with Gasteiger partial charge in [0.05, 0.1) is 6.20 Å². The molecule has 0 aromatic carbocycles. The molecule has 2 fully saturated rings. The first-order valence-corrected chi connectivity index (χ1v) is 8.45. The first-order chi connectivity index (χ1) is 9.95. The van der Waals surface area contributed by atoms with Gasteiger partial charge >= 0.3 is 5.97 Å². The maximum absolute atomic E-state index is 12.3. The van der Waals surface area contributed by atoms with Crippen LogP contribution in [0.2, 0.25) is 0 Å². The Morgan fingerprint density at radius 1 is 1.43 bits per heavy atom. The fraction of sp³-hybridized carbons (Fsp3) is 0.667. The molecular weight excluding hydrogens is 296 g/mol. The zero-order valence-electron chi connectivity index (χ0n) is 11.5. The molecule has 2 saturated heterocycles. The van der Waals surface area contributed by atoms with Crippen LogP contribution in [0.1, 0.15) is 19.3 Å². The van der Waals surface area contributed by atoms with Crippen LogP contribution in [0.5, 0.6) is 0 Å². The number of aliphatic carboxylic acids is 1. The number of carboxylic acid groups (broad SMARTS) is 1. The normalized spacial score (nSPS) is 26.1. The molecule has 2 aliphatic rings. The zero-order chi connectivity index (χ0) is 15.0. The number of nitrogens with zero attached hydrogens (tertiary/aromatic N) is 3. The minimum absolute atomic E-state index is 0.0141. The topological polar surface area (TPSA) is 105 Å². The largest absolute Gasteiger partial charge is 0.480 e. The molecule has 1 aromatic rings. The molecule has 0 aliphatic carbocycles. The number of rotatable bonds is 5. The van der Waals surface area contributed by atoms with Crippen molar-refractivity contribution in [1.82, 2.24) is 19.4 Å². The van der Waals surface area contributed by atoms with Gasteiger partial charge in [0.2, 0.25) is 10.0 Å². The second-order valence-electron chi connectivity index (χ2n) is 5.53. The van der Waals surface area contributed by atoms with Gasteiger partial charge in [-0.05, 0) is 25.8 Å². The fourth-order valence-corrected chi connectivity index (χ4v) is 4.45. The first-order valence-electron chi connectivity index (χ1n) is 6.96. The van der Waals surface area contributed by atoms with Crippen LogP contribution in [0.15, 0.2) is 17.3 Å². The van der Waals surface area contributed by atoms with Crippen molar-refractivity contribution in [1.29, 1.82) is 0 Å². The maximum atomic E-state index is 12.3. The highest BCUT2D eigenvalue weighted by atomic mass is 32.2. The average Bonchev–Trinajstić information content (AvgIpc) is 3.06. The minimum atomic E-state index is -3.65. The van der Waals surface area contributed by atoms with E-state index >= 15 is 0 Å². The van der Waals surface area contributed by atoms with Crippen LogP contribution in [-0.4, -0.2) is 59.3 Å². The summed E-state index contributed by atoms with van der Waals surface area (Å²) in [6.45, 7) is 1.62. The summed E-state index contributed by atoms with van der Waals surface area (Å²) < 4.78 is 28.5. The monoisotopic (exact) mass is 314 g/mol. The summed E-state index contributed by atoms with van der Waals surface area (Å²) in [6, 6.07) is 0.217. The quantitative estimate of drug-likeness (QED) is 0.758. The van der Waals surface area contributed by atoms with Crippen molar-refractivity contribution in [3.8, 4) is 0 Å². The van der Waals surface area contributed by atoms with Gasteiger partial charge in [-0.2, -0.15) is 5.10 Å². The van der Waals surface area contributed by atoms with Crippen LogP contribution >= 0.6 is 0 Å². The fourth-order valence-electron chi connectivity index (χ4n) is 3.20. The van der Waals surface area contributed by atoms with Crippen molar-refractivity contribution < 1.29 is 18.3 Å². The average molecular weight is 314 g/mol. The molecule has 0 radical (unpaired) electrons. The highest BCUT2D eigenvalue weighted by molar-refractivity contribution is 7.89. The van der Waals surface area contributed by atoms with Crippen LogP contribution in [-0.2, 0) is 21.4 Å². The minimum Gasteiger partial charge on any atom is -0.480 e. The molecular formula is C12H18N4O4S. The van der Waals surface area contributed by atoms with Gasteiger partial charge in [-0.15, -0.1) is 0 Å². The Labute approximate surface area is 122 Å². The molecule has 9 heteroatoms. The van der Waals surface area contributed by atoms with E-state index in [1.165, 1.54) is 12.4 Å². The summed E-state index contributed by atoms with van der Waals surface area (Å²) in [5, 5.41) is 12.5. The molecule has 0 bridgehead atoms. The van der Waals surface area contributed by atoms with Gasteiger partial charge in [0.1, 0.15) is 11.4 Å². The Kier molecular flexibility index (Phi) is 3.72. The van der Waals surface area contributed by atoms with E-state index in [-0.39, 0.29) is 23.5 Å². The van der Waals surface area contributed by atoms with E-state index in [0.29, 0.717) is 0 Å². The van der Waals surface area contributed by atoms with E-state index < -0.39 is 16.0 Å². The van der Waals surface area contributed by atoms with E-state index in [2.05, 4.69) is 14.7 Å². The number of hydrogen-bond acceptors (Lipinski definition) is 5. The van der Waals surface area contributed by atoms with Crippen molar-refractivity contribution >= 4 is 16.0 Å². The van der Waals surface area contributed by atoms with E-state index in [0.717, 1.165) is 37.0 Å². The van der Waals surface area contributed by atoms with Gasteiger partial charge in [-0.25, -0.2) is 13.1 Å². The summed E-state index contributed by atoms with van der Waals surface area (Å²) in [5.41, 5.74) is 0. The maximum Gasteiger partial charge on any atom is 0.325 e. The van der Waals surface area contributed by atoms with E-state index in [9.17, 15) is 13.2 Å². The lowest BCUT2D eigenvalue weighted by molar-refractivity contribution is -0.137. The standard InChI is InChI=1S/C12H18N4O4S/c17-12(18)8-16-7-9(6-13-16)21(19,20)14-10-3-5-15-4-1-2-11(10)15/h6-7,10-11,14H,1-5,8H2,(H,17,18). The lowest BCUT2D eigenvalue weighted by atomic mass is 10.1. The van der Waals surface area contributed by atoms with Crippen LogP contribution in [0.4, 0.5) is 0 Å². The Balaban J connectivity index is 1.71. The van der Waals surface area contributed by atoms with Crippen LogP contribution in [0.3, 0.4) is 0 Å². The van der Waals surface area contributed by atoms with E-state index in [1.807, 2.05) is 0 Å². The number of carboxylic acids is 1. The van der Waals surface area contributed by atoms with Crippen molar-refractivity contribution in [2.45, 2.75) is 42.8 Å². The number of hydrogen-bond donors (Lipinski definition) is 2. The second-order valence-corrected chi connectivity index (χ2v) is 7.24. The molecule has 21 heavy (non-hydrogen) atoms. The number of fused-ring (bicyclic) bond motifs is 1. The molecule has 0 saturated carbocycles. The number of sulfonamides is 1. The Hall–Kier alpha value is -1.45. The summed E-state index contributed by atoms with van der Waals surface area (Å²) in [7, 11) is -3.65. The molecule has 2 aliphatic heterocycles. The van der Waals surface area contributed by atoms with Crippen molar-refractivity contribution in [3.05, 3.63) is 12.4 Å². The summed E-state index contributed by atoms with van der Waals surface area (Å²) in [4.78, 5) is 12.9. The summed E-state index contributed by atoms with van der Waals surface area (Å²) in [6.07, 6.45) is 5.38. The number of nitrogens with one attached hydrogen (secondary N) is 1. The highest BCUT2D eigenvalue weighted by Crippen LogP contribution is 2.28. The molecule has 3 rings (SSSR count). The van der Waals surface area contributed by atoms with Gasteiger partial charge in [-0.1, -0.05) is 0 Å². The lowest BCUT2D eigenvalue weighted by Crippen LogP contribution is -2.42. The highest BCUT2D eigenvalue weighted by Gasteiger charge is 2.39. The smallest absolute Gasteiger partial charge is 0.325 e. The SMILES string of the molecule is O=C(O)Cn1cc(S(=O)(=O)NC2CCN3CCCC23)cn1. The third-order valence-corrected chi connectivity index (χ3v) is 5.57. The van der Waals surface area contributed by atoms with Crippen molar-refractivity contribution in [2.24, 2.45) is 0 Å². The zero-order valence-corrected chi connectivity index (χ0v) is 12.3. The van der Waals surface area contributed by atoms with Gasteiger partial charge in [0.15, 0.2) is 0 Å². The van der Waals surface area contributed by atoms with E-state index in [4.69, 9.17) is 5.11 Å². The predicted molar refractivity (Wildman–Crippen MR) is 73.2 cm³/mol. The third-order valence-electron chi connectivity index (χ3n) is 4.13. The summed E-state index contributed by atoms with van der Waals surface area (Å²) >= 11 is 0. The molecule has 2 N–H and O–H groups in total. The molecule has 116 valence electrons. The van der Waals surface area contributed by atoms with Crippen LogP contribution in [0, 0.1) is 0 Å². The molecule has 0 amide bonds. The first kappa shape index (κ1) is 14.5. The van der Waals surface area contributed by atoms with Gasteiger partial charge in [-0.3, -0.25) is 14.4 Å². The number of carbonyl (C=O) groups is 1. The predicted octanol–water partition coefficient (Wildman–Crippen LogP) is -0.517. The Morgan fingerprint density at radius 3 is 3.00 bits per heavy atom. The summed E-state index contributed by atoms with van der Waals surface area (Å²) in [5.74, 6) is -1.06. The van der Waals surface area contributed by atoms with Gasteiger partial charge in [0, 0.05) is 24.8 Å². The molecule has 0 spiro atoms. The number of aromatic nitrogens is 2. The van der Waals surface area contributed by atoms with Crippen LogP contribution in [0.25, 0.3) is 0 Å². The van der Waals surface area contributed by atoms with Gasteiger partial charge in [0.25, 0.3) is 0 Å². The van der Waals surface area contributed by atoms with Gasteiger partial charge < -0.3 is 5.11 Å². The van der Waals surface area contributed by atoms with E-state index in [1.54, 1.807) is 0 Å². The Bertz CT molecular complexity index is 641. The molecule has 8 nitrogen and oxygen atoms in total. The third kappa shape index (κ3) is 2.94. The molecule has 2 unspecified atom stereocenters. The molecule has 1 aromatic heterocycles. The van der Waals surface area contributed by atoms with Crippen LogP contribution < -0.4 is 4.72 Å². The molecule has 3 heterocycles. The van der Waals surface area contributed by atoms with Crippen molar-refractivity contribution in [3.63, 3.8) is 0 Å². The Morgan fingerprint density at radius 2 is 2.24 bits per heavy atom. The van der Waals surface area contributed by atoms with Crippen molar-refractivity contribution in [2.75, 3.05) is 13.1 Å².